The largest absolute Gasteiger partial charge is 0.378 e. The fourth-order valence-corrected chi connectivity index (χ4v) is 6.42. The predicted molar refractivity (Wildman–Crippen MR) is 141 cm³/mol. The van der Waals surface area contributed by atoms with Crippen molar-refractivity contribution in [2.24, 2.45) is 0 Å². The Morgan fingerprint density at radius 1 is 1.00 bits per heavy atom. The van der Waals surface area contributed by atoms with Crippen LogP contribution in [0, 0.1) is 6.92 Å². The van der Waals surface area contributed by atoms with Gasteiger partial charge < -0.3 is 14.5 Å². The van der Waals surface area contributed by atoms with Crippen LogP contribution in [0.2, 0.25) is 5.28 Å². The Morgan fingerprint density at radius 3 is 2.78 bits per heavy atom. The highest BCUT2D eigenvalue weighted by Crippen LogP contribution is 2.39. The summed E-state index contributed by atoms with van der Waals surface area (Å²) in [5.74, 6) is 2.13. The fourth-order valence-electron chi connectivity index (χ4n) is 6.25. The highest BCUT2D eigenvalue weighted by atomic mass is 35.5. The molecule has 0 radical (unpaired) electrons. The molecule has 3 aliphatic rings. The van der Waals surface area contributed by atoms with Crippen LogP contribution < -0.4 is 9.80 Å². The van der Waals surface area contributed by atoms with Gasteiger partial charge in [-0.3, -0.25) is 0 Å². The molecular weight excluding hydrogens is 474 g/mol. The molecule has 1 atom stereocenters. The van der Waals surface area contributed by atoms with E-state index in [1.807, 2.05) is 12.1 Å². The number of aryl methyl sites for hydroxylation is 2. The average molecular weight is 504 g/mol. The quantitative estimate of drug-likeness (QED) is 0.375. The number of piperidine rings is 1. The van der Waals surface area contributed by atoms with Crippen LogP contribution in [0.15, 0.2) is 24.3 Å². The monoisotopic (exact) mass is 503 g/mol. The van der Waals surface area contributed by atoms with Gasteiger partial charge in [0.15, 0.2) is 5.65 Å². The summed E-state index contributed by atoms with van der Waals surface area (Å²) in [5.41, 5.74) is 6.64. The first kappa shape index (κ1) is 22.2. The SMILES string of the molecule is Cc1cccc2nc(Cl)nc(N3CCCCC3c3cc4nc5c(c(N6CCOCC6)n4n3)CCC5)c12. The summed E-state index contributed by atoms with van der Waals surface area (Å²) in [6.07, 6.45) is 6.57. The fraction of sp³-hybridized carbons (Fsp3) is 0.481. The molecule has 1 aliphatic carbocycles. The number of morpholine rings is 1. The van der Waals surface area contributed by atoms with Gasteiger partial charge in [0, 0.05) is 42.3 Å². The maximum absolute atomic E-state index is 6.42. The maximum atomic E-state index is 6.42. The standard InChI is InChI=1S/C27H30ClN7O/c1-17-6-4-9-20-24(17)25(31-27(28)30-20)34-11-3-2-10-22(34)21-16-23-29-19-8-5-7-18(19)26(35(23)32-21)33-12-14-36-15-13-33/h4,6,9,16,22H,2-3,5,7-8,10-15H2,1H3. The number of rotatable bonds is 3. The molecule has 1 unspecified atom stereocenters. The molecule has 0 N–H and O–H groups in total. The molecule has 2 saturated heterocycles. The van der Waals surface area contributed by atoms with Crippen molar-refractivity contribution in [1.29, 1.82) is 0 Å². The molecule has 0 amide bonds. The number of aromatic nitrogens is 5. The smallest absolute Gasteiger partial charge is 0.224 e. The minimum Gasteiger partial charge on any atom is -0.378 e. The lowest BCUT2D eigenvalue weighted by Gasteiger charge is -2.36. The normalized spacial score (nSPS) is 20.4. The molecule has 9 heteroatoms. The van der Waals surface area contributed by atoms with E-state index in [0.29, 0.717) is 0 Å². The highest BCUT2D eigenvalue weighted by Gasteiger charge is 2.32. The van der Waals surface area contributed by atoms with Crippen molar-refractivity contribution in [3.05, 3.63) is 52.1 Å². The minimum atomic E-state index is 0.113. The number of hydrogen-bond acceptors (Lipinski definition) is 7. The Labute approximate surface area is 215 Å². The Hall–Kier alpha value is -2.97. The molecule has 0 saturated carbocycles. The third-order valence-corrected chi connectivity index (χ3v) is 8.10. The van der Waals surface area contributed by atoms with E-state index in [2.05, 4.69) is 38.4 Å². The van der Waals surface area contributed by atoms with Crippen molar-refractivity contribution in [3.63, 3.8) is 0 Å². The van der Waals surface area contributed by atoms with E-state index in [1.165, 1.54) is 17.1 Å². The van der Waals surface area contributed by atoms with E-state index in [1.54, 1.807) is 0 Å². The molecule has 2 aliphatic heterocycles. The minimum absolute atomic E-state index is 0.113. The number of nitrogens with zero attached hydrogens (tertiary/aromatic N) is 7. The van der Waals surface area contributed by atoms with Gasteiger partial charge in [-0.25, -0.2) is 9.97 Å². The van der Waals surface area contributed by atoms with Gasteiger partial charge in [-0.05, 0) is 68.7 Å². The van der Waals surface area contributed by atoms with Gasteiger partial charge >= 0.3 is 0 Å². The molecule has 36 heavy (non-hydrogen) atoms. The van der Waals surface area contributed by atoms with Crippen molar-refractivity contribution in [2.45, 2.75) is 51.5 Å². The van der Waals surface area contributed by atoms with E-state index < -0.39 is 0 Å². The second kappa shape index (κ2) is 8.85. The zero-order valence-corrected chi connectivity index (χ0v) is 21.3. The van der Waals surface area contributed by atoms with Crippen molar-refractivity contribution in [1.82, 2.24) is 24.6 Å². The lowest BCUT2D eigenvalue weighted by Crippen LogP contribution is -2.38. The van der Waals surface area contributed by atoms with Crippen molar-refractivity contribution >= 4 is 39.8 Å². The molecule has 1 aromatic carbocycles. The van der Waals surface area contributed by atoms with E-state index >= 15 is 0 Å². The van der Waals surface area contributed by atoms with Crippen LogP contribution in [-0.4, -0.2) is 57.4 Å². The Bertz CT molecular complexity index is 1460. The lowest BCUT2D eigenvalue weighted by atomic mass is 9.98. The first-order valence-electron chi connectivity index (χ1n) is 13.1. The summed E-state index contributed by atoms with van der Waals surface area (Å²) in [5, 5.41) is 6.60. The average Bonchev–Trinajstić information content (AvgIpc) is 3.54. The summed E-state index contributed by atoms with van der Waals surface area (Å²) >= 11 is 6.42. The third kappa shape index (κ3) is 3.61. The van der Waals surface area contributed by atoms with Crippen LogP contribution in [0.4, 0.5) is 11.6 Å². The topological polar surface area (TPSA) is 71.7 Å². The number of halogens is 1. The van der Waals surface area contributed by atoms with Crippen LogP contribution in [0.25, 0.3) is 16.6 Å². The molecular formula is C27H30ClN7O. The lowest BCUT2D eigenvalue weighted by molar-refractivity contribution is 0.122. The molecule has 0 bridgehead atoms. The highest BCUT2D eigenvalue weighted by molar-refractivity contribution is 6.28. The predicted octanol–water partition coefficient (Wildman–Crippen LogP) is 4.69. The molecule has 8 nitrogen and oxygen atoms in total. The van der Waals surface area contributed by atoms with Crippen LogP contribution in [0.3, 0.4) is 0 Å². The number of ether oxygens (including phenoxy) is 1. The molecule has 4 aromatic rings. The molecule has 5 heterocycles. The van der Waals surface area contributed by atoms with E-state index in [4.69, 9.17) is 31.4 Å². The van der Waals surface area contributed by atoms with E-state index in [0.717, 1.165) is 105 Å². The van der Waals surface area contributed by atoms with Crippen LogP contribution in [-0.2, 0) is 17.6 Å². The first-order chi connectivity index (χ1) is 17.7. The van der Waals surface area contributed by atoms with Crippen LogP contribution in [0.5, 0.6) is 0 Å². The Kier molecular flexibility index (Phi) is 5.47. The summed E-state index contributed by atoms with van der Waals surface area (Å²) in [6.45, 7) is 6.32. The van der Waals surface area contributed by atoms with Crippen molar-refractivity contribution in [3.8, 4) is 0 Å². The van der Waals surface area contributed by atoms with Crippen molar-refractivity contribution in [2.75, 3.05) is 42.6 Å². The van der Waals surface area contributed by atoms with Crippen LogP contribution >= 0.6 is 11.6 Å². The summed E-state index contributed by atoms with van der Waals surface area (Å²) in [4.78, 5) is 19.2. The summed E-state index contributed by atoms with van der Waals surface area (Å²) in [7, 11) is 0. The number of hydrogen-bond donors (Lipinski definition) is 0. The summed E-state index contributed by atoms with van der Waals surface area (Å²) < 4.78 is 7.76. The molecule has 186 valence electrons. The Morgan fingerprint density at radius 2 is 1.89 bits per heavy atom. The molecule has 0 spiro atoms. The maximum Gasteiger partial charge on any atom is 0.224 e. The van der Waals surface area contributed by atoms with Gasteiger partial charge in [0.1, 0.15) is 11.6 Å². The van der Waals surface area contributed by atoms with E-state index in [9.17, 15) is 0 Å². The van der Waals surface area contributed by atoms with Gasteiger partial charge in [-0.1, -0.05) is 12.1 Å². The second-order valence-corrected chi connectivity index (χ2v) is 10.5. The summed E-state index contributed by atoms with van der Waals surface area (Å²) in [6, 6.07) is 8.47. The number of fused-ring (bicyclic) bond motifs is 3. The van der Waals surface area contributed by atoms with Gasteiger partial charge in [-0.15, -0.1) is 0 Å². The van der Waals surface area contributed by atoms with E-state index in [-0.39, 0.29) is 11.3 Å². The van der Waals surface area contributed by atoms with Crippen LogP contribution in [0.1, 0.15) is 54.2 Å². The van der Waals surface area contributed by atoms with Crippen molar-refractivity contribution < 1.29 is 4.74 Å². The molecule has 3 aromatic heterocycles. The van der Waals surface area contributed by atoms with Gasteiger partial charge in [0.05, 0.1) is 30.5 Å². The number of benzene rings is 1. The zero-order chi connectivity index (χ0) is 24.2. The third-order valence-electron chi connectivity index (χ3n) is 7.93. The van der Waals surface area contributed by atoms with Gasteiger partial charge in [0.25, 0.3) is 0 Å². The first-order valence-corrected chi connectivity index (χ1v) is 13.5. The van der Waals surface area contributed by atoms with Gasteiger partial charge in [-0.2, -0.15) is 14.6 Å². The molecule has 2 fully saturated rings. The Balaban J connectivity index is 1.37. The molecule has 7 rings (SSSR count). The zero-order valence-electron chi connectivity index (χ0n) is 20.6. The number of anilines is 2. The second-order valence-electron chi connectivity index (χ2n) is 10.1. The van der Waals surface area contributed by atoms with Gasteiger partial charge in [0.2, 0.25) is 5.28 Å².